The smallest absolute Gasteiger partial charge is 0.270 e. The molecule has 2 amide bonds. The first-order valence-corrected chi connectivity index (χ1v) is 11.3. The van der Waals surface area contributed by atoms with Crippen LogP contribution in [-0.2, 0) is 9.59 Å². The number of imide groups is 1. The van der Waals surface area contributed by atoms with Gasteiger partial charge in [0.2, 0.25) is 11.8 Å². The summed E-state index contributed by atoms with van der Waals surface area (Å²) in [5.74, 6) is -3.89. The van der Waals surface area contributed by atoms with Gasteiger partial charge in [0, 0.05) is 23.9 Å². The zero-order valence-corrected chi connectivity index (χ0v) is 18.7. The normalized spacial score (nSPS) is 23.9. The van der Waals surface area contributed by atoms with Gasteiger partial charge in [-0.15, -0.1) is 0 Å². The Morgan fingerprint density at radius 1 is 0.917 bits per heavy atom. The van der Waals surface area contributed by atoms with Crippen LogP contribution in [-0.4, -0.2) is 33.5 Å². The highest BCUT2D eigenvalue weighted by atomic mass is 19.1. The number of non-ortho nitro benzene ring substituents is 1. The number of ketones is 1. The molecular formula is C27H18FN3O5. The molecule has 3 aromatic carbocycles. The summed E-state index contributed by atoms with van der Waals surface area (Å²) in [4.78, 5) is 54.8. The molecule has 0 N–H and O–H groups in total. The standard InChI is InChI=1S/C27H18FN3O5/c28-17-8-10-18(11-9-17)30-26(33)21-22(27(30)34)24(25(32)16-5-3-6-19(14-16)31(35)36)29-13-12-15-4-1-2-7-20(15)23(21)29/h1-14,21-24H/t21-,22+,23-,24-/m0/s1. The second-order valence-electron chi connectivity index (χ2n) is 8.99. The number of nitro groups is 1. The van der Waals surface area contributed by atoms with Gasteiger partial charge in [0.05, 0.1) is 28.5 Å². The van der Waals surface area contributed by atoms with Crippen LogP contribution in [0.4, 0.5) is 15.8 Å². The molecule has 0 radical (unpaired) electrons. The fourth-order valence-corrected chi connectivity index (χ4v) is 5.65. The first kappa shape index (κ1) is 21.8. The molecule has 0 spiro atoms. The lowest BCUT2D eigenvalue weighted by Gasteiger charge is -2.35. The van der Waals surface area contributed by atoms with Gasteiger partial charge in [0.25, 0.3) is 5.69 Å². The number of carbonyl (C=O) groups is 3. The van der Waals surface area contributed by atoms with Crippen molar-refractivity contribution in [3.63, 3.8) is 0 Å². The van der Waals surface area contributed by atoms with E-state index in [-0.39, 0.29) is 16.9 Å². The SMILES string of the molecule is O=C(c1cccc([N+](=O)[O-])c1)[C@@H]1[C@@H]2C(=O)N(c3ccc(F)cc3)C(=O)[C@@H]2[C@@H]2c3ccccc3C=CN12. The highest BCUT2D eigenvalue weighted by molar-refractivity contribution is 6.24. The summed E-state index contributed by atoms with van der Waals surface area (Å²) in [6, 6.07) is 16.2. The Kier molecular flexibility index (Phi) is 4.82. The predicted molar refractivity (Wildman–Crippen MR) is 127 cm³/mol. The number of benzene rings is 3. The lowest BCUT2D eigenvalue weighted by atomic mass is 9.83. The lowest BCUT2D eigenvalue weighted by molar-refractivity contribution is -0.384. The number of hydrogen-bond donors (Lipinski definition) is 0. The van der Waals surface area contributed by atoms with E-state index in [1.54, 1.807) is 11.1 Å². The van der Waals surface area contributed by atoms with E-state index in [4.69, 9.17) is 0 Å². The third kappa shape index (κ3) is 3.09. The van der Waals surface area contributed by atoms with Gasteiger partial charge in [-0.2, -0.15) is 0 Å². The predicted octanol–water partition coefficient (Wildman–Crippen LogP) is 4.13. The summed E-state index contributed by atoms with van der Waals surface area (Å²) in [5, 5.41) is 11.3. The fourth-order valence-electron chi connectivity index (χ4n) is 5.65. The van der Waals surface area contributed by atoms with Crippen molar-refractivity contribution in [2.24, 2.45) is 11.8 Å². The molecule has 2 saturated heterocycles. The van der Waals surface area contributed by atoms with E-state index in [0.717, 1.165) is 16.0 Å². The molecule has 0 aliphatic carbocycles. The quantitative estimate of drug-likeness (QED) is 0.239. The van der Waals surface area contributed by atoms with Crippen molar-refractivity contribution in [1.29, 1.82) is 0 Å². The molecule has 3 aliphatic rings. The molecule has 4 atom stereocenters. The Hall–Kier alpha value is -4.66. The average Bonchev–Trinajstić information content (AvgIpc) is 3.37. The van der Waals surface area contributed by atoms with Crippen molar-refractivity contribution in [3.05, 3.63) is 112 Å². The first-order chi connectivity index (χ1) is 17.4. The number of amides is 2. The van der Waals surface area contributed by atoms with Crippen molar-refractivity contribution in [1.82, 2.24) is 4.90 Å². The molecule has 0 aromatic heterocycles. The number of Topliss-reactive ketones (excluding diaryl/α,β-unsaturated/α-hetero) is 1. The summed E-state index contributed by atoms with van der Waals surface area (Å²) in [6.45, 7) is 0. The van der Waals surface area contributed by atoms with E-state index < -0.39 is 52.3 Å². The third-order valence-corrected chi connectivity index (χ3v) is 7.16. The molecular weight excluding hydrogens is 465 g/mol. The molecule has 2 fully saturated rings. The van der Waals surface area contributed by atoms with Crippen molar-refractivity contribution in [2.75, 3.05) is 4.90 Å². The van der Waals surface area contributed by atoms with Crippen molar-refractivity contribution < 1.29 is 23.7 Å². The number of fused-ring (bicyclic) bond motifs is 5. The second kappa shape index (κ2) is 7.94. The third-order valence-electron chi connectivity index (χ3n) is 7.16. The molecule has 36 heavy (non-hydrogen) atoms. The van der Waals surface area contributed by atoms with Gasteiger partial charge in [-0.3, -0.25) is 24.5 Å². The summed E-state index contributed by atoms with van der Waals surface area (Å²) >= 11 is 0. The second-order valence-corrected chi connectivity index (χ2v) is 8.99. The summed E-state index contributed by atoms with van der Waals surface area (Å²) < 4.78 is 13.5. The number of halogens is 1. The van der Waals surface area contributed by atoms with Crippen LogP contribution in [0, 0.1) is 27.8 Å². The number of nitrogens with zero attached hydrogens (tertiary/aromatic N) is 3. The maximum atomic E-state index is 13.8. The number of hydrogen-bond acceptors (Lipinski definition) is 6. The number of nitro benzene ring substituents is 1. The van der Waals surface area contributed by atoms with E-state index in [0.29, 0.717) is 0 Å². The highest BCUT2D eigenvalue weighted by Gasteiger charge is 2.64. The summed E-state index contributed by atoms with van der Waals surface area (Å²) in [5.41, 5.74) is 1.76. The van der Waals surface area contributed by atoms with Gasteiger partial charge in [-0.1, -0.05) is 36.4 Å². The molecule has 3 aliphatic heterocycles. The molecule has 6 rings (SSSR count). The number of anilines is 1. The van der Waals surface area contributed by atoms with Crippen molar-refractivity contribution in [3.8, 4) is 0 Å². The van der Waals surface area contributed by atoms with Gasteiger partial charge >= 0.3 is 0 Å². The fraction of sp³-hybridized carbons (Fsp3) is 0.148. The summed E-state index contributed by atoms with van der Waals surface area (Å²) in [6.07, 6.45) is 3.54. The van der Waals surface area contributed by atoms with E-state index >= 15 is 0 Å². The molecule has 0 unspecified atom stereocenters. The van der Waals surface area contributed by atoms with Crippen molar-refractivity contribution >= 4 is 35.0 Å². The molecule has 0 bridgehead atoms. The van der Waals surface area contributed by atoms with Crippen LogP contribution >= 0.6 is 0 Å². The average molecular weight is 483 g/mol. The van der Waals surface area contributed by atoms with Gasteiger partial charge in [-0.05, 0) is 41.5 Å². The van der Waals surface area contributed by atoms with Crippen LogP contribution in [0.15, 0.2) is 79.0 Å². The Morgan fingerprint density at radius 2 is 1.64 bits per heavy atom. The largest absolute Gasteiger partial charge is 0.358 e. The Morgan fingerprint density at radius 3 is 2.39 bits per heavy atom. The molecule has 178 valence electrons. The molecule has 9 heteroatoms. The topological polar surface area (TPSA) is 101 Å². The zero-order valence-electron chi connectivity index (χ0n) is 18.7. The van der Waals surface area contributed by atoms with Gasteiger partial charge in [-0.25, -0.2) is 9.29 Å². The number of carbonyl (C=O) groups excluding carboxylic acids is 3. The van der Waals surface area contributed by atoms with Gasteiger partial charge < -0.3 is 4.90 Å². The van der Waals surface area contributed by atoms with E-state index in [9.17, 15) is 28.9 Å². The van der Waals surface area contributed by atoms with E-state index in [1.165, 1.54) is 48.5 Å². The Balaban J connectivity index is 1.49. The molecule has 8 nitrogen and oxygen atoms in total. The zero-order chi connectivity index (χ0) is 25.1. The Bertz CT molecular complexity index is 1480. The monoisotopic (exact) mass is 483 g/mol. The van der Waals surface area contributed by atoms with Gasteiger partial charge in [0.15, 0.2) is 5.78 Å². The summed E-state index contributed by atoms with van der Waals surface area (Å²) in [7, 11) is 0. The van der Waals surface area contributed by atoms with Crippen LogP contribution in [0.1, 0.15) is 27.5 Å². The molecule has 3 aromatic rings. The van der Waals surface area contributed by atoms with Crippen LogP contribution in [0.25, 0.3) is 6.08 Å². The minimum absolute atomic E-state index is 0.0846. The van der Waals surface area contributed by atoms with Crippen LogP contribution < -0.4 is 4.90 Å². The van der Waals surface area contributed by atoms with Crippen LogP contribution in [0.5, 0.6) is 0 Å². The van der Waals surface area contributed by atoms with Crippen LogP contribution in [0.2, 0.25) is 0 Å². The maximum Gasteiger partial charge on any atom is 0.270 e. The van der Waals surface area contributed by atoms with Crippen LogP contribution in [0.3, 0.4) is 0 Å². The minimum Gasteiger partial charge on any atom is -0.358 e. The highest BCUT2D eigenvalue weighted by Crippen LogP contribution is 2.53. The maximum absolute atomic E-state index is 13.8. The minimum atomic E-state index is -1.05. The van der Waals surface area contributed by atoms with Crippen molar-refractivity contribution in [2.45, 2.75) is 12.1 Å². The molecule has 0 saturated carbocycles. The van der Waals surface area contributed by atoms with Gasteiger partial charge in [0.1, 0.15) is 11.9 Å². The lowest BCUT2D eigenvalue weighted by Crippen LogP contribution is -2.44. The first-order valence-electron chi connectivity index (χ1n) is 11.3. The van der Waals surface area contributed by atoms with E-state index in [1.807, 2.05) is 30.3 Å². The number of rotatable bonds is 4. The molecule has 3 heterocycles. The van der Waals surface area contributed by atoms with E-state index in [2.05, 4.69) is 0 Å². The Labute approximate surface area is 204 Å².